The molecule has 1 aromatic rings. The smallest absolute Gasteiger partial charge is 0.164 e. The second kappa shape index (κ2) is 5.77. The number of benzene rings is 1. The van der Waals surface area contributed by atoms with Crippen LogP contribution in [-0.2, 0) is 11.3 Å². The third kappa shape index (κ3) is 3.18. The molecule has 1 aliphatic rings. The van der Waals surface area contributed by atoms with Crippen molar-refractivity contribution in [2.45, 2.75) is 6.61 Å². The van der Waals surface area contributed by atoms with Crippen LogP contribution in [0.3, 0.4) is 0 Å². The minimum atomic E-state index is -0.566. The van der Waals surface area contributed by atoms with Gasteiger partial charge in [0.05, 0.1) is 5.02 Å². The van der Waals surface area contributed by atoms with Crippen LogP contribution in [-0.4, -0.2) is 0 Å². The van der Waals surface area contributed by atoms with E-state index in [9.17, 15) is 4.39 Å². The highest BCUT2D eigenvalue weighted by Gasteiger charge is 2.14. The summed E-state index contributed by atoms with van der Waals surface area (Å²) in [7, 11) is 0. The lowest BCUT2D eigenvalue weighted by Gasteiger charge is -2.19. The minimum absolute atomic E-state index is 0.0339. The first kappa shape index (κ1) is 14.1. The molecule has 1 aromatic carbocycles. The van der Waals surface area contributed by atoms with Gasteiger partial charge in [-0.25, -0.2) is 4.39 Å². The van der Waals surface area contributed by atoms with Crippen molar-refractivity contribution in [3.63, 3.8) is 0 Å². The van der Waals surface area contributed by atoms with Crippen LogP contribution in [0.4, 0.5) is 4.39 Å². The van der Waals surface area contributed by atoms with Gasteiger partial charge in [0.1, 0.15) is 17.6 Å². The fourth-order valence-electron chi connectivity index (χ4n) is 1.39. The van der Waals surface area contributed by atoms with Gasteiger partial charge in [-0.2, -0.15) is 0 Å². The molecule has 0 saturated carbocycles. The zero-order chi connectivity index (χ0) is 14.0. The van der Waals surface area contributed by atoms with Gasteiger partial charge in [-0.05, 0) is 12.1 Å². The van der Waals surface area contributed by atoms with Crippen molar-refractivity contribution in [3.05, 3.63) is 56.4 Å². The van der Waals surface area contributed by atoms with E-state index in [1.54, 1.807) is 0 Å². The van der Waals surface area contributed by atoms with Crippen molar-refractivity contribution >= 4 is 34.8 Å². The Bertz CT molecular complexity index is 575. The standard InChI is InChI=1S/C11H9Cl3FN3O/c12-6-1-2-7(15)10(14)5(6)4-19-8-3-9(13)17-18-11(8)16/h1-3,17-18H,4,16H2. The molecular weight excluding hydrogens is 315 g/mol. The second-order valence-corrected chi connectivity index (χ2v) is 4.82. The second-order valence-electron chi connectivity index (χ2n) is 3.63. The van der Waals surface area contributed by atoms with Crippen LogP contribution in [0.1, 0.15) is 5.56 Å². The third-order valence-electron chi connectivity index (χ3n) is 2.35. The van der Waals surface area contributed by atoms with Crippen LogP contribution in [0.15, 0.2) is 34.9 Å². The van der Waals surface area contributed by atoms with Crippen LogP contribution in [0.5, 0.6) is 0 Å². The van der Waals surface area contributed by atoms with Crippen LogP contribution >= 0.6 is 34.8 Å². The molecule has 0 atom stereocenters. The predicted molar refractivity (Wildman–Crippen MR) is 72.6 cm³/mol. The van der Waals surface area contributed by atoms with Gasteiger partial charge in [0.15, 0.2) is 11.6 Å². The molecule has 0 unspecified atom stereocenters. The maximum Gasteiger partial charge on any atom is 0.164 e. The molecule has 19 heavy (non-hydrogen) atoms. The number of ether oxygens (including phenoxy) is 1. The van der Waals surface area contributed by atoms with Gasteiger partial charge in [-0.15, -0.1) is 0 Å². The summed E-state index contributed by atoms with van der Waals surface area (Å²) < 4.78 is 18.7. The zero-order valence-electron chi connectivity index (χ0n) is 9.44. The number of hydrogen-bond acceptors (Lipinski definition) is 4. The number of hydrogen-bond donors (Lipinski definition) is 3. The van der Waals surface area contributed by atoms with Gasteiger partial charge in [-0.1, -0.05) is 34.8 Å². The van der Waals surface area contributed by atoms with Gasteiger partial charge in [0.25, 0.3) is 0 Å². The van der Waals surface area contributed by atoms with E-state index in [0.717, 1.165) is 0 Å². The Morgan fingerprint density at radius 3 is 2.68 bits per heavy atom. The summed E-state index contributed by atoms with van der Waals surface area (Å²) in [6.07, 6.45) is 1.48. The SMILES string of the molecule is NC1=C(OCc2c(Cl)ccc(F)c2Cl)C=C(Cl)NN1. The summed E-state index contributed by atoms with van der Waals surface area (Å²) in [6.45, 7) is -0.0339. The number of rotatable bonds is 3. The predicted octanol–water partition coefficient (Wildman–Crippen LogP) is 2.96. The van der Waals surface area contributed by atoms with Gasteiger partial charge in [0.2, 0.25) is 0 Å². The average Bonchev–Trinajstić information content (AvgIpc) is 2.38. The molecule has 2 rings (SSSR count). The molecule has 8 heteroatoms. The van der Waals surface area contributed by atoms with E-state index in [1.807, 2.05) is 0 Å². The quantitative estimate of drug-likeness (QED) is 0.591. The monoisotopic (exact) mass is 323 g/mol. The third-order valence-corrected chi connectivity index (χ3v) is 3.32. The Morgan fingerprint density at radius 2 is 1.95 bits per heavy atom. The Morgan fingerprint density at radius 1 is 1.21 bits per heavy atom. The topological polar surface area (TPSA) is 59.3 Å². The first-order chi connectivity index (χ1) is 8.99. The van der Waals surface area contributed by atoms with E-state index in [2.05, 4.69) is 10.9 Å². The van der Waals surface area contributed by atoms with Crippen molar-refractivity contribution < 1.29 is 9.13 Å². The summed E-state index contributed by atoms with van der Waals surface area (Å²) in [4.78, 5) is 0. The lowest BCUT2D eigenvalue weighted by atomic mass is 10.2. The molecule has 0 radical (unpaired) electrons. The molecule has 0 amide bonds. The van der Waals surface area contributed by atoms with Gasteiger partial charge in [-0.3, -0.25) is 10.9 Å². The summed E-state index contributed by atoms with van der Waals surface area (Å²) in [6, 6.07) is 2.59. The van der Waals surface area contributed by atoms with Crippen molar-refractivity contribution in [1.29, 1.82) is 0 Å². The molecule has 0 saturated heterocycles. The lowest BCUT2D eigenvalue weighted by molar-refractivity contribution is 0.202. The highest BCUT2D eigenvalue weighted by molar-refractivity contribution is 6.36. The van der Waals surface area contributed by atoms with Crippen molar-refractivity contribution in [2.24, 2.45) is 5.73 Å². The van der Waals surface area contributed by atoms with E-state index in [1.165, 1.54) is 18.2 Å². The minimum Gasteiger partial charge on any atom is -0.485 e. The van der Waals surface area contributed by atoms with Crippen molar-refractivity contribution in [1.82, 2.24) is 10.9 Å². The number of nitrogens with one attached hydrogen (secondary N) is 2. The first-order valence-corrected chi connectivity index (χ1v) is 6.26. The van der Waals surface area contributed by atoms with Crippen molar-refractivity contribution in [2.75, 3.05) is 0 Å². The number of hydrazine groups is 1. The molecule has 1 heterocycles. The first-order valence-electron chi connectivity index (χ1n) is 5.13. The number of nitrogens with two attached hydrogens (primary N) is 1. The molecule has 0 bridgehead atoms. The normalized spacial score (nSPS) is 14.6. The fourth-order valence-corrected chi connectivity index (χ4v) is 2.01. The Kier molecular flexibility index (Phi) is 4.29. The van der Waals surface area contributed by atoms with Crippen LogP contribution in [0.25, 0.3) is 0 Å². The molecule has 0 spiro atoms. The molecule has 0 fully saturated rings. The molecular formula is C11H9Cl3FN3O. The highest BCUT2D eigenvalue weighted by Crippen LogP contribution is 2.28. The molecule has 102 valence electrons. The van der Waals surface area contributed by atoms with E-state index in [0.29, 0.717) is 21.5 Å². The summed E-state index contributed by atoms with van der Waals surface area (Å²) in [5, 5.41) is 0.534. The molecule has 0 aromatic heterocycles. The number of allylic oxidation sites excluding steroid dienone is 1. The zero-order valence-corrected chi connectivity index (χ0v) is 11.7. The lowest BCUT2D eigenvalue weighted by Crippen LogP contribution is -2.36. The van der Waals surface area contributed by atoms with Crippen LogP contribution in [0.2, 0.25) is 10.0 Å². The van der Waals surface area contributed by atoms with E-state index < -0.39 is 5.82 Å². The fraction of sp³-hybridized carbons (Fsp3) is 0.0909. The Labute approximate surface area is 123 Å². The van der Waals surface area contributed by atoms with E-state index >= 15 is 0 Å². The Balaban J connectivity index is 2.18. The molecule has 1 aliphatic heterocycles. The average molecular weight is 325 g/mol. The van der Waals surface area contributed by atoms with Crippen LogP contribution in [0, 0.1) is 5.82 Å². The van der Waals surface area contributed by atoms with E-state index in [-0.39, 0.29) is 17.5 Å². The van der Waals surface area contributed by atoms with Crippen molar-refractivity contribution in [3.8, 4) is 0 Å². The van der Waals surface area contributed by atoms with Crippen LogP contribution < -0.4 is 16.6 Å². The highest BCUT2D eigenvalue weighted by atomic mass is 35.5. The Hall–Kier alpha value is -1.30. The molecule has 4 nitrogen and oxygen atoms in total. The number of halogens is 4. The maximum absolute atomic E-state index is 13.3. The molecule has 4 N–H and O–H groups in total. The largest absolute Gasteiger partial charge is 0.485 e. The van der Waals surface area contributed by atoms with Gasteiger partial charge < -0.3 is 10.5 Å². The summed E-state index contributed by atoms with van der Waals surface area (Å²) in [5.74, 6) is -0.0168. The van der Waals surface area contributed by atoms with Gasteiger partial charge in [0, 0.05) is 16.7 Å². The van der Waals surface area contributed by atoms with Gasteiger partial charge >= 0.3 is 0 Å². The summed E-state index contributed by atoms with van der Waals surface area (Å²) in [5.41, 5.74) is 11.2. The maximum atomic E-state index is 13.3. The summed E-state index contributed by atoms with van der Waals surface area (Å²) >= 11 is 17.5. The molecule has 0 aliphatic carbocycles. The van der Waals surface area contributed by atoms with E-state index in [4.69, 9.17) is 45.3 Å².